The molecule has 3 aromatic rings. The Bertz CT molecular complexity index is 753. The van der Waals surface area contributed by atoms with Crippen LogP contribution in [0, 0.1) is 13.8 Å². The monoisotopic (exact) mass is 281 g/mol. The summed E-state index contributed by atoms with van der Waals surface area (Å²) in [7, 11) is 0. The fourth-order valence-electron chi connectivity index (χ4n) is 1.90. The molecule has 2 N–H and O–H groups in total. The van der Waals surface area contributed by atoms with E-state index in [1.165, 1.54) is 6.33 Å². The van der Waals surface area contributed by atoms with Gasteiger partial charge < -0.3 is 15.2 Å². The molecule has 0 fully saturated rings. The Labute approximate surface area is 122 Å². The first-order valence-corrected chi connectivity index (χ1v) is 6.56. The van der Waals surface area contributed by atoms with Gasteiger partial charge in [-0.05, 0) is 25.5 Å². The number of hydrogen-bond donors (Lipinski definition) is 2. The predicted octanol–water partition coefficient (Wildman–Crippen LogP) is 3.57. The van der Waals surface area contributed by atoms with Crippen LogP contribution in [0.3, 0.4) is 0 Å². The Kier molecular flexibility index (Phi) is 3.51. The van der Waals surface area contributed by atoms with Crippen LogP contribution >= 0.6 is 0 Å². The van der Waals surface area contributed by atoms with Gasteiger partial charge in [-0.1, -0.05) is 23.4 Å². The molecule has 3 rings (SSSR count). The lowest BCUT2D eigenvalue weighted by atomic mass is 10.2. The molecule has 0 aliphatic rings. The zero-order chi connectivity index (χ0) is 14.7. The van der Waals surface area contributed by atoms with Gasteiger partial charge in [-0.3, -0.25) is 0 Å². The largest absolute Gasteiger partial charge is 0.360 e. The Balaban J connectivity index is 1.78. The van der Waals surface area contributed by atoms with Crippen molar-refractivity contribution in [1.82, 2.24) is 15.1 Å². The third kappa shape index (κ3) is 3.17. The predicted molar refractivity (Wildman–Crippen MR) is 81.0 cm³/mol. The van der Waals surface area contributed by atoms with E-state index in [0.29, 0.717) is 17.5 Å². The van der Waals surface area contributed by atoms with E-state index in [2.05, 4.69) is 25.8 Å². The van der Waals surface area contributed by atoms with Crippen LogP contribution in [0.25, 0.3) is 0 Å². The van der Waals surface area contributed by atoms with Crippen molar-refractivity contribution in [3.8, 4) is 0 Å². The van der Waals surface area contributed by atoms with Crippen molar-refractivity contribution in [2.45, 2.75) is 13.8 Å². The van der Waals surface area contributed by atoms with Crippen molar-refractivity contribution < 1.29 is 4.52 Å². The van der Waals surface area contributed by atoms with Crippen molar-refractivity contribution in [2.24, 2.45) is 0 Å². The molecular weight excluding hydrogens is 266 g/mol. The molecule has 0 aliphatic heterocycles. The zero-order valence-corrected chi connectivity index (χ0v) is 11.8. The number of aryl methyl sites for hydroxylation is 2. The van der Waals surface area contributed by atoms with Crippen LogP contribution in [-0.2, 0) is 0 Å². The zero-order valence-electron chi connectivity index (χ0n) is 11.8. The smallest absolute Gasteiger partial charge is 0.175 e. The van der Waals surface area contributed by atoms with Crippen LogP contribution in [-0.4, -0.2) is 15.1 Å². The molecule has 106 valence electrons. The molecule has 6 heteroatoms. The third-order valence-electron chi connectivity index (χ3n) is 2.96. The molecule has 0 spiro atoms. The maximum atomic E-state index is 5.01. The van der Waals surface area contributed by atoms with Gasteiger partial charge in [-0.25, -0.2) is 9.97 Å². The lowest BCUT2D eigenvalue weighted by molar-refractivity contribution is 0.400. The van der Waals surface area contributed by atoms with E-state index in [9.17, 15) is 0 Å². The van der Waals surface area contributed by atoms with Crippen LogP contribution in [0.2, 0.25) is 0 Å². The van der Waals surface area contributed by atoms with Gasteiger partial charge in [-0.2, -0.15) is 0 Å². The average molecular weight is 281 g/mol. The van der Waals surface area contributed by atoms with Crippen molar-refractivity contribution in [2.75, 3.05) is 10.6 Å². The van der Waals surface area contributed by atoms with Gasteiger partial charge in [0.1, 0.15) is 23.7 Å². The molecule has 2 heterocycles. The highest BCUT2D eigenvalue weighted by Crippen LogP contribution is 2.21. The molecule has 6 nitrogen and oxygen atoms in total. The molecule has 1 aromatic carbocycles. The normalized spacial score (nSPS) is 10.4. The number of hydrogen-bond acceptors (Lipinski definition) is 6. The maximum Gasteiger partial charge on any atom is 0.175 e. The second-order valence-electron chi connectivity index (χ2n) is 4.68. The summed E-state index contributed by atoms with van der Waals surface area (Å²) < 4.78 is 5.01. The number of anilines is 4. The molecular formula is C15H15N5O. The van der Waals surface area contributed by atoms with Gasteiger partial charge in [-0.15, -0.1) is 0 Å². The number of nitrogens with one attached hydrogen (secondary N) is 2. The summed E-state index contributed by atoms with van der Waals surface area (Å²) in [5.74, 6) is 2.72. The summed E-state index contributed by atoms with van der Waals surface area (Å²) in [6.07, 6.45) is 1.50. The van der Waals surface area contributed by atoms with Crippen molar-refractivity contribution in [3.05, 3.63) is 54.0 Å². The second-order valence-corrected chi connectivity index (χ2v) is 4.68. The van der Waals surface area contributed by atoms with E-state index in [1.807, 2.05) is 44.2 Å². The highest BCUT2D eigenvalue weighted by molar-refractivity contribution is 5.63. The first-order valence-electron chi connectivity index (χ1n) is 6.56. The highest BCUT2D eigenvalue weighted by atomic mass is 16.5. The molecule has 21 heavy (non-hydrogen) atoms. The Morgan fingerprint density at radius 1 is 0.905 bits per heavy atom. The van der Waals surface area contributed by atoms with Gasteiger partial charge in [0.05, 0.1) is 0 Å². The Morgan fingerprint density at radius 3 is 2.38 bits per heavy atom. The van der Waals surface area contributed by atoms with E-state index < -0.39 is 0 Å². The summed E-state index contributed by atoms with van der Waals surface area (Å²) >= 11 is 0. The fraction of sp³-hybridized carbons (Fsp3) is 0.133. The molecule has 0 aliphatic carbocycles. The number of nitrogens with zero attached hydrogens (tertiary/aromatic N) is 3. The van der Waals surface area contributed by atoms with Crippen molar-refractivity contribution in [1.29, 1.82) is 0 Å². The number of aromatic nitrogens is 3. The SMILES string of the molecule is Cc1cc(Nc2cc(Nc3ccccc3C)ncn2)no1. The summed E-state index contributed by atoms with van der Waals surface area (Å²) in [5.41, 5.74) is 2.16. The highest BCUT2D eigenvalue weighted by Gasteiger charge is 2.04. The van der Waals surface area contributed by atoms with E-state index in [1.54, 1.807) is 6.07 Å². The minimum atomic E-state index is 0.619. The Hall–Kier alpha value is -2.89. The van der Waals surface area contributed by atoms with Crippen LogP contribution in [0.4, 0.5) is 23.1 Å². The molecule has 0 unspecified atom stereocenters. The van der Waals surface area contributed by atoms with Crippen molar-refractivity contribution >= 4 is 23.1 Å². The summed E-state index contributed by atoms with van der Waals surface area (Å²) in [6, 6.07) is 11.6. The Morgan fingerprint density at radius 2 is 1.67 bits per heavy atom. The standard InChI is InChI=1S/C15H15N5O/c1-10-5-3-4-6-12(10)18-13-8-14(17-9-16-13)19-15-7-11(2)21-20-15/h3-9H,1-2H3,(H2,16,17,18,19,20). The molecule has 0 saturated carbocycles. The third-order valence-corrected chi connectivity index (χ3v) is 2.96. The van der Waals surface area contributed by atoms with Crippen LogP contribution in [0.1, 0.15) is 11.3 Å². The fourth-order valence-corrected chi connectivity index (χ4v) is 1.90. The summed E-state index contributed by atoms with van der Waals surface area (Å²) in [5, 5.41) is 10.2. The maximum absolute atomic E-state index is 5.01. The number of rotatable bonds is 4. The lowest BCUT2D eigenvalue weighted by Gasteiger charge is -2.09. The van der Waals surface area contributed by atoms with Gasteiger partial charge in [0.15, 0.2) is 5.82 Å². The minimum absolute atomic E-state index is 0.619. The van der Waals surface area contributed by atoms with Gasteiger partial charge >= 0.3 is 0 Å². The van der Waals surface area contributed by atoms with Gasteiger partial charge in [0.2, 0.25) is 0 Å². The van der Waals surface area contributed by atoms with E-state index in [4.69, 9.17) is 4.52 Å². The topological polar surface area (TPSA) is 75.9 Å². The van der Waals surface area contributed by atoms with Crippen LogP contribution < -0.4 is 10.6 Å². The molecule has 0 amide bonds. The molecule has 0 radical (unpaired) electrons. The number of benzene rings is 1. The summed E-state index contributed by atoms with van der Waals surface area (Å²) in [4.78, 5) is 8.38. The van der Waals surface area contributed by atoms with E-state index in [0.717, 1.165) is 17.0 Å². The lowest BCUT2D eigenvalue weighted by Crippen LogP contribution is -1.99. The first kappa shape index (κ1) is 13.1. The van der Waals surface area contributed by atoms with Gasteiger partial charge in [0, 0.05) is 17.8 Å². The molecule has 0 bridgehead atoms. The molecule has 0 atom stereocenters. The molecule has 2 aromatic heterocycles. The first-order chi connectivity index (χ1) is 10.2. The summed E-state index contributed by atoms with van der Waals surface area (Å²) in [6.45, 7) is 3.88. The van der Waals surface area contributed by atoms with Crippen molar-refractivity contribution in [3.63, 3.8) is 0 Å². The second kappa shape index (κ2) is 5.62. The van der Waals surface area contributed by atoms with E-state index >= 15 is 0 Å². The average Bonchev–Trinajstić information content (AvgIpc) is 2.87. The van der Waals surface area contributed by atoms with Gasteiger partial charge in [0.25, 0.3) is 0 Å². The number of para-hydroxylation sites is 1. The van der Waals surface area contributed by atoms with Crippen LogP contribution in [0.5, 0.6) is 0 Å². The minimum Gasteiger partial charge on any atom is -0.360 e. The van der Waals surface area contributed by atoms with E-state index in [-0.39, 0.29) is 0 Å². The quantitative estimate of drug-likeness (QED) is 0.761. The van der Waals surface area contributed by atoms with Crippen LogP contribution in [0.15, 0.2) is 47.2 Å². The molecule has 0 saturated heterocycles.